The molecule has 1 aromatic carbocycles. The number of morpholine rings is 1. The SMILES string of the molecule is O=C(CSc1ncnc2sccc12)Nc1ccc(CN2CCOCC2)cc1. The monoisotopic (exact) mass is 400 g/mol. The minimum atomic E-state index is -0.0390. The van der Waals surface area contributed by atoms with Crippen LogP contribution in [0.2, 0.25) is 0 Å². The molecule has 1 aliphatic rings. The van der Waals surface area contributed by atoms with Gasteiger partial charge in [0.1, 0.15) is 16.2 Å². The molecule has 4 rings (SSSR count). The highest BCUT2D eigenvalue weighted by Crippen LogP contribution is 2.27. The summed E-state index contributed by atoms with van der Waals surface area (Å²) in [5, 5.41) is 6.79. The minimum absolute atomic E-state index is 0.0390. The first-order valence-corrected chi connectivity index (χ1v) is 10.6. The lowest BCUT2D eigenvalue weighted by molar-refractivity contribution is -0.113. The number of nitrogens with one attached hydrogen (secondary N) is 1. The summed E-state index contributed by atoms with van der Waals surface area (Å²) in [5.41, 5.74) is 2.06. The van der Waals surface area contributed by atoms with Gasteiger partial charge in [-0.2, -0.15) is 0 Å². The molecule has 3 heterocycles. The van der Waals surface area contributed by atoms with Crippen LogP contribution in [0.5, 0.6) is 0 Å². The molecule has 0 unspecified atom stereocenters. The zero-order valence-corrected chi connectivity index (χ0v) is 16.4. The Morgan fingerprint density at radius 1 is 1.19 bits per heavy atom. The third-order valence-corrected chi connectivity index (χ3v) is 6.14. The Morgan fingerprint density at radius 3 is 2.81 bits per heavy atom. The first kappa shape index (κ1) is 18.4. The van der Waals surface area contributed by atoms with Crippen molar-refractivity contribution in [3.8, 4) is 0 Å². The van der Waals surface area contributed by atoms with Crippen molar-refractivity contribution in [1.82, 2.24) is 14.9 Å². The first-order chi connectivity index (χ1) is 13.3. The van der Waals surface area contributed by atoms with E-state index in [2.05, 4.69) is 32.3 Å². The minimum Gasteiger partial charge on any atom is -0.379 e. The quantitative estimate of drug-likeness (QED) is 0.506. The summed E-state index contributed by atoms with van der Waals surface area (Å²) in [4.78, 5) is 24.1. The second kappa shape index (κ2) is 8.79. The van der Waals surface area contributed by atoms with Gasteiger partial charge in [-0.3, -0.25) is 9.69 Å². The van der Waals surface area contributed by atoms with Crippen LogP contribution >= 0.6 is 23.1 Å². The van der Waals surface area contributed by atoms with Crippen LogP contribution in [0.4, 0.5) is 5.69 Å². The van der Waals surface area contributed by atoms with Crippen molar-refractivity contribution >= 4 is 44.9 Å². The van der Waals surface area contributed by atoms with Gasteiger partial charge in [0.05, 0.1) is 19.0 Å². The maximum atomic E-state index is 12.3. The fraction of sp³-hybridized carbons (Fsp3) is 0.316. The number of fused-ring (bicyclic) bond motifs is 1. The summed E-state index contributed by atoms with van der Waals surface area (Å²) in [6, 6.07) is 10.0. The Labute approximate surface area is 166 Å². The van der Waals surface area contributed by atoms with Crippen molar-refractivity contribution in [2.45, 2.75) is 11.6 Å². The van der Waals surface area contributed by atoms with E-state index in [1.807, 2.05) is 23.6 Å². The van der Waals surface area contributed by atoms with E-state index >= 15 is 0 Å². The normalized spacial score (nSPS) is 15.1. The van der Waals surface area contributed by atoms with E-state index in [4.69, 9.17) is 4.74 Å². The van der Waals surface area contributed by atoms with Gasteiger partial charge in [-0.25, -0.2) is 9.97 Å². The molecule has 2 aromatic heterocycles. The summed E-state index contributed by atoms with van der Waals surface area (Å²) in [6.45, 7) is 4.45. The van der Waals surface area contributed by atoms with Crippen molar-refractivity contribution < 1.29 is 9.53 Å². The van der Waals surface area contributed by atoms with Gasteiger partial charge in [0.15, 0.2) is 0 Å². The van der Waals surface area contributed by atoms with Crippen molar-refractivity contribution in [3.63, 3.8) is 0 Å². The fourth-order valence-electron chi connectivity index (χ4n) is 2.92. The number of carbonyl (C=O) groups excluding carboxylic acids is 1. The van der Waals surface area contributed by atoms with Crippen LogP contribution in [0.15, 0.2) is 47.1 Å². The van der Waals surface area contributed by atoms with Gasteiger partial charge < -0.3 is 10.1 Å². The molecule has 1 aliphatic heterocycles. The molecule has 1 amide bonds. The van der Waals surface area contributed by atoms with E-state index in [1.54, 1.807) is 17.7 Å². The number of thiophene rings is 1. The topological polar surface area (TPSA) is 67.4 Å². The zero-order valence-electron chi connectivity index (χ0n) is 14.8. The van der Waals surface area contributed by atoms with E-state index in [-0.39, 0.29) is 5.91 Å². The highest BCUT2D eigenvalue weighted by atomic mass is 32.2. The molecule has 3 aromatic rings. The number of rotatable bonds is 6. The largest absolute Gasteiger partial charge is 0.379 e. The number of anilines is 1. The molecule has 140 valence electrons. The Kier molecular flexibility index (Phi) is 5.98. The van der Waals surface area contributed by atoms with Gasteiger partial charge in [0.2, 0.25) is 5.91 Å². The summed E-state index contributed by atoms with van der Waals surface area (Å²) < 4.78 is 5.38. The van der Waals surface area contributed by atoms with Crippen LogP contribution in [0.3, 0.4) is 0 Å². The number of aromatic nitrogens is 2. The number of amides is 1. The van der Waals surface area contributed by atoms with E-state index in [0.717, 1.165) is 53.8 Å². The number of thioether (sulfide) groups is 1. The summed E-state index contributed by atoms with van der Waals surface area (Å²) in [5.74, 6) is 0.278. The molecule has 0 aliphatic carbocycles. The molecule has 0 spiro atoms. The molecule has 27 heavy (non-hydrogen) atoms. The van der Waals surface area contributed by atoms with Crippen molar-refractivity contribution in [2.75, 3.05) is 37.4 Å². The lowest BCUT2D eigenvalue weighted by Gasteiger charge is -2.26. The standard InChI is InChI=1S/C19H20N4O2S2/c24-17(12-27-19-16-5-10-26-18(16)20-13-21-19)22-15-3-1-14(2-4-15)11-23-6-8-25-9-7-23/h1-5,10,13H,6-9,11-12H2,(H,22,24). The van der Waals surface area contributed by atoms with Gasteiger partial charge in [-0.15, -0.1) is 11.3 Å². The Morgan fingerprint density at radius 2 is 2.00 bits per heavy atom. The maximum absolute atomic E-state index is 12.3. The number of benzene rings is 1. The molecular weight excluding hydrogens is 380 g/mol. The van der Waals surface area contributed by atoms with Gasteiger partial charge in [-0.05, 0) is 29.1 Å². The van der Waals surface area contributed by atoms with Crippen molar-refractivity contribution in [3.05, 3.63) is 47.6 Å². The fourth-order valence-corrected chi connectivity index (χ4v) is 4.50. The molecule has 1 saturated heterocycles. The van der Waals surface area contributed by atoms with Gasteiger partial charge in [0.25, 0.3) is 0 Å². The van der Waals surface area contributed by atoms with Crippen LogP contribution in [0, 0.1) is 0 Å². The number of ether oxygens (including phenoxy) is 1. The Bertz CT molecular complexity index is 907. The summed E-state index contributed by atoms with van der Waals surface area (Å²) >= 11 is 3.01. The van der Waals surface area contributed by atoms with Crippen LogP contribution in [-0.2, 0) is 16.1 Å². The van der Waals surface area contributed by atoms with Crippen molar-refractivity contribution in [2.24, 2.45) is 0 Å². The lowest BCUT2D eigenvalue weighted by atomic mass is 10.2. The molecule has 0 atom stereocenters. The molecular formula is C19H20N4O2S2. The van der Waals surface area contributed by atoms with E-state index in [9.17, 15) is 4.79 Å². The molecule has 1 fully saturated rings. The van der Waals surface area contributed by atoms with Gasteiger partial charge in [-0.1, -0.05) is 23.9 Å². The van der Waals surface area contributed by atoms with Crippen LogP contribution in [0.25, 0.3) is 10.2 Å². The molecule has 0 radical (unpaired) electrons. The molecule has 6 nitrogen and oxygen atoms in total. The predicted molar refractivity (Wildman–Crippen MR) is 109 cm³/mol. The van der Waals surface area contributed by atoms with Crippen LogP contribution in [0.1, 0.15) is 5.56 Å². The van der Waals surface area contributed by atoms with Crippen LogP contribution in [-0.4, -0.2) is 52.8 Å². The Hall–Kier alpha value is -2.00. The smallest absolute Gasteiger partial charge is 0.234 e. The average molecular weight is 401 g/mol. The second-order valence-electron chi connectivity index (χ2n) is 6.24. The highest BCUT2D eigenvalue weighted by Gasteiger charge is 2.11. The zero-order chi connectivity index (χ0) is 18.5. The van der Waals surface area contributed by atoms with E-state index in [1.165, 1.54) is 17.3 Å². The van der Waals surface area contributed by atoms with Crippen molar-refractivity contribution in [1.29, 1.82) is 0 Å². The van der Waals surface area contributed by atoms with Gasteiger partial charge in [0, 0.05) is 30.7 Å². The number of hydrogen-bond donors (Lipinski definition) is 1. The predicted octanol–water partition coefficient (Wildman–Crippen LogP) is 3.25. The van der Waals surface area contributed by atoms with E-state index in [0.29, 0.717) is 5.75 Å². The number of nitrogens with zero attached hydrogens (tertiary/aromatic N) is 3. The summed E-state index contributed by atoms with van der Waals surface area (Å²) in [7, 11) is 0. The van der Waals surface area contributed by atoms with Crippen LogP contribution < -0.4 is 5.32 Å². The molecule has 0 bridgehead atoms. The number of hydrogen-bond acceptors (Lipinski definition) is 7. The average Bonchev–Trinajstić information content (AvgIpc) is 3.18. The number of carbonyl (C=O) groups is 1. The lowest BCUT2D eigenvalue weighted by Crippen LogP contribution is -2.35. The molecule has 8 heteroatoms. The maximum Gasteiger partial charge on any atom is 0.234 e. The Balaban J connectivity index is 1.29. The van der Waals surface area contributed by atoms with E-state index < -0.39 is 0 Å². The van der Waals surface area contributed by atoms with Gasteiger partial charge >= 0.3 is 0 Å². The molecule has 1 N–H and O–H groups in total. The second-order valence-corrected chi connectivity index (χ2v) is 8.10. The third-order valence-electron chi connectivity index (χ3n) is 4.31. The highest BCUT2D eigenvalue weighted by molar-refractivity contribution is 8.00. The first-order valence-electron chi connectivity index (χ1n) is 8.78. The third kappa shape index (κ3) is 4.84. The summed E-state index contributed by atoms with van der Waals surface area (Å²) in [6.07, 6.45) is 1.55. The molecule has 0 saturated carbocycles.